The molecule has 0 bridgehead atoms. The Kier molecular flexibility index (Phi) is 5.28. The molecule has 0 saturated carbocycles. The number of aliphatic hydroxyl groups excluding tert-OH is 3. The number of rotatable bonds is 3. The van der Waals surface area contributed by atoms with Gasteiger partial charge in [0.05, 0.1) is 31.0 Å². The van der Waals surface area contributed by atoms with Gasteiger partial charge >= 0.3 is 0 Å². The van der Waals surface area contributed by atoms with Crippen molar-refractivity contribution in [3.63, 3.8) is 0 Å². The largest absolute Gasteiger partial charge is 0.393 e. The molecule has 3 aliphatic rings. The number of fused-ring (bicyclic) bond motifs is 2. The lowest BCUT2D eigenvalue weighted by molar-refractivity contribution is -0.259. The molecule has 22 heavy (non-hydrogen) atoms. The van der Waals surface area contributed by atoms with Gasteiger partial charge in [-0.1, -0.05) is 24.3 Å². The van der Waals surface area contributed by atoms with E-state index >= 15 is 0 Å². The number of ether oxygens (including phenoxy) is 3. The zero-order chi connectivity index (χ0) is 15.5. The molecule has 0 radical (unpaired) electrons. The molecule has 3 aliphatic heterocycles. The lowest BCUT2D eigenvalue weighted by atomic mass is 9.90. The monoisotopic (exact) mass is 312 g/mol. The Balaban J connectivity index is 1.69. The van der Waals surface area contributed by atoms with E-state index in [1.54, 1.807) is 6.08 Å². The number of hydrogen-bond donors (Lipinski definition) is 3. The maximum absolute atomic E-state index is 10.6. The minimum absolute atomic E-state index is 0.0645. The molecule has 0 aromatic carbocycles. The molecule has 7 atom stereocenters. The number of hydrogen-bond acceptors (Lipinski definition) is 6. The zero-order valence-corrected chi connectivity index (χ0v) is 12.5. The Morgan fingerprint density at radius 2 is 2.09 bits per heavy atom. The standard InChI is InChI=1S/C16H24O6/c17-9-10(18)6-7-11-3-1-4-13-16(21-11)14(19)15-12(22-13)5-2-8-20-15/h1,3,6-7,10-19H,2,4-5,8-9H2/b7-6+/t10-,11+,12+,13-,14+,15+,16-/m0/s1. The first-order valence-corrected chi connectivity index (χ1v) is 7.93. The third-order valence-electron chi connectivity index (χ3n) is 4.42. The first-order chi connectivity index (χ1) is 10.7. The highest BCUT2D eigenvalue weighted by Crippen LogP contribution is 2.34. The van der Waals surface area contributed by atoms with Crippen LogP contribution in [0, 0.1) is 0 Å². The second-order valence-electron chi connectivity index (χ2n) is 6.05. The minimum atomic E-state index is -0.908. The van der Waals surface area contributed by atoms with Crippen LogP contribution in [0.1, 0.15) is 19.3 Å². The third kappa shape index (κ3) is 3.42. The summed E-state index contributed by atoms with van der Waals surface area (Å²) in [4.78, 5) is 0. The maximum atomic E-state index is 10.6. The molecule has 0 aromatic heterocycles. The van der Waals surface area contributed by atoms with Gasteiger partial charge in [0.1, 0.15) is 18.3 Å². The SMILES string of the molecule is OC[C@@H](O)/C=C/[C@H]1C=CC[C@@H]2O[C@@H]3CCCO[C@H]3[C@@H](O)[C@H]2O1. The van der Waals surface area contributed by atoms with Crippen molar-refractivity contribution in [3.8, 4) is 0 Å². The summed E-state index contributed by atoms with van der Waals surface area (Å²) in [6.07, 6.45) is 6.51. The van der Waals surface area contributed by atoms with Crippen molar-refractivity contribution in [2.45, 2.75) is 62.0 Å². The van der Waals surface area contributed by atoms with Gasteiger partial charge in [0, 0.05) is 6.61 Å². The fourth-order valence-corrected chi connectivity index (χ4v) is 3.29. The molecule has 6 heteroatoms. The summed E-state index contributed by atoms with van der Waals surface area (Å²) in [7, 11) is 0. The van der Waals surface area contributed by atoms with Crippen molar-refractivity contribution in [3.05, 3.63) is 24.3 Å². The molecule has 124 valence electrons. The van der Waals surface area contributed by atoms with Gasteiger partial charge in [-0.05, 0) is 19.3 Å². The van der Waals surface area contributed by atoms with Gasteiger partial charge in [0.15, 0.2) is 0 Å². The van der Waals surface area contributed by atoms with Gasteiger partial charge in [-0.2, -0.15) is 0 Å². The molecule has 0 unspecified atom stereocenters. The Hall–Kier alpha value is -0.760. The lowest BCUT2D eigenvalue weighted by Gasteiger charge is -2.46. The number of aliphatic hydroxyl groups is 3. The summed E-state index contributed by atoms with van der Waals surface area (Å²) in [5.74, 6) is 0. The van der Waals surface area contributed by atoms with Crippen LogP contribution >= 0.6 is 0 Å². The van der Waals surface area contributed by atoms with E-state index in [-0.39, 0.29) is 31.0 Å². The molecule has 0 aliphatic carbocycles. The topological polar surface area (TPSA) is 88.4 Å². The normalized spacial score (nSPS) is 43.4. The molecule has 2 fully saturated rings. The predicted molar refractivity (Wildman–Crippen MR) is 78.3 cm³/mol. The Labute approximate surface area is 130 Å². The van der Waals surface area contributed by atoms with Crippen molar-refractivity contribution in [2.24, 2.45) is 0 Å². The van der Waals surface area contributed by atoms with Gasteiger partial charge in [-0.15, -0.1) is 0 Å². The van der Waals surface area contributed by atoms with Crippen LogP contribution in [0.3, 0.4) is 0 Å². The molecule has 3 N–H and O–H groups in total. The van der Waals surface area contributed by atoms with E-state index in [0.717, 1.165) is 12.8 Å². The quantitative estimate of drug-likeness (QED) is 0.632. The molecular formula is C16H24O6. The summed E-state index contributed by atoms with van der Waals surface area (Å²) in [6.45, 7) is 0.311. The maximum Gasteiger partial charge on any atom is 0.114 e. The van der Waals surface area contributed by atoms with Gasteiger partial charge < -0.3 is 29.5 Å². The molecule has 2 saturated heterocycles. The summed E-state index contributed by atoms with van der Waals surface area (Å²) >= 11 is 0. The van der Waals surface area contributed by atoms with Crippen molar-refractivity contribution < 1.29 is 29.5 Å². The van der Waals surface area contributed by atoms with E-state index in [1.165, 1.54) is 6.08 Å². The highest BCUT2D eigenvalue weighted by atomic mass is 16.6. The third-order valence-corrected chi connectivity index (χ3v) is 4.42. The molecular weight excluding hydrogens is 288 g/mol. The molecule has 3 heterocycles. The average molecular weight is 312 g/mol. The Morgan fingerprint density at radius 3 is 2.91 bits per heavy atom. The summed E-state index contributed by atoms with van der Waals surface area (Å²) < 4.78 is 17.7. The van der Waals surface area contributed by atoms with E-state index in [1.807, 2.05) is 12.2 Å². The second-order valence-corrected chi connectivity index (χ2v) is 6.05. The van der Waals surface area contributed by atoms with Gasteiger partial charge in [-0.25, -0.2) is 0 Å². The van der Waals surface area contributed by atoms with Gasteiger partial charge in [-0.3, -0.25) is 0 Å². The van der Waals surface area contributed by atoms with Crippen molar-refractivity contribution in [1.82, 2.24) is 0 Å². The van der Waals surface area contributed by atoms with E-state index in [2.05, 4.69) is 0 Å². The first-order valence-electron chi connectivity index (χ1n) is 7.93. The van der Waals surface area contributed by atoms with Gasteiger partial charge in [0.25, 0.3) is 0 Å². The fraction of sp³-hybridized carbons (Fsp3) is 0.750. The average Bonchev–Trinajstić information content (AvgIpc) is 2.75. The summed E-state index contributed by atoms with van der Waals surface area (Å²) in [5.41, 5.74) is 0. The van der Waals surface area contributed by atoms with Crippen LogP contribution in [0.5, 0.6) is 0 Å². The Bertz CT molecular complexity index is 423. The van der Waals surface area contributed by atoms with Crippen LogP contribution < -0.4 is 0 Å². The molecule has 0 spiro atoms. The van der Waals surface area contributed by atoms with Crippen LogP contribution in [0.4, 0.5) is 0 Å². The Morgan fingerprint density at radius 1 is 1.23 bits per heavy atom. The molecule has 3 rings (SSSR count). The second kappa shape index (κ2) is 7.21. The molecule has 0 aromatic rings. The summed E-state index contributed by atoms with van der Waals surface area (Å²) in [5, 5.41) is 28.8. The van der Waals surface area contributed by atoms with Crippen LogP contribution in [-0.2, 0) is 14.2 Å². The lowest BCUT2D eigenvalue weighted by Crippen LogP contribution is -2.60. The smallest absolute Gasteiger partial charge is 0.114 e. The highest BCUT2D eigenvalue weighted by molar-refractivity contribution is 5.10. The van der Waals surface area contributed by atoms with Crippen LogP contribution in [-0.4, -0.2) is 71.3 Å². The van der Waals surface area contributed by atoms with Crippen LogP contribution in [0.15, 0.2) is 24.3 Å². The van der Waals surface area contributed by atoms with E-state index in [9.17, 15) is 10.2 Å². The summed E-state index contributed by atoms with van der Waals surface area (Å²) in [6, 6.07) is 0. The van der Waals surface area contributed by atoms with Crippen molar-refractivity contribution in [2.75, 3.05) is 13.2 Å². The van der Waals surface area contributed by atoms with Gasteiger partial charge in [0.2, 0.25) is 0 Å². The fourth-order valence-electron chi connectivity index (χ4n) is 3.29. The molecule has 6 nitrogen and oxygen atoms in total. The minimum Gasteiger partial charge on any atom is -0.393 e. The predicted octanol–water partition coefficient (Wildman–Crippen LogP) is -0.0832. The van der Waals surface area contributed by atoms with Crippen LogP contribution in [0.2, 0.25) is 0 Å². The van der Waals surface area contributed by atoms with Crippen LogP contribution in [0.25, 0.3) is 0 Å². The van der Waals surface area contributed by atoms with E-state index in [4.69, 9.17) is 19.3 Å². The zero-order valence-electron chi connectivity index (χ0n) is 12.5. The van der Waals surface area contributed by atoms with E-state index < -0.39 is 18.3 Å². The van der Waals surface area contributed by atoms with E-state index in [0.29, 0.717) is 13.0 Å². The highest BCUT2D eigenvalue weighted by Gasteiger charge is 2.48. The van der Waals surface area contributed by atoms with Crippen molar-refractivity contribution in [1.29, 1.82) is 0 Å². The molecule has 0 amide bonds. The van der Waals surface area contributed by atoms with Crippen molar-refractivity contribution >= 4 is 0 Å². The first kappa shape index (κ1) is 16.1.